The number of aryl methyl sites for hydroxylation is 1. The van der Waals surface area contributed by atoms with E-state index in [1.165, 1.54) is 11.8 Å². The summed E-state index contributed by atoms with van der Waals surface area (Å²) in [5.74, 6) is 1.83. The van der Waals surface area contributed by atoms with Gasteiger partial charge in [-0.25, -0.2) is 0 Å². The predicted octanol–water partition coefficient (Wildman–Crippen LogP) is 4.49. The molecule has 0 aliphatic carbocycles. The molecule has 1 amide bonds. The summed E-state index contributed by atoms with van der Waals surface area (Å²) < 4.78 is 12.7. The molecule has 0 radical (unpaired) electrons. The predicted molar refractivity (Wildman–Crippen MR) is 126 cm³/mol. The van der Waals surface area contributed by atoms with E-state index in [9.17, 15) is 4.79 Å². The number of ether oxygens (including phenoxy) is 2. The lowest BCUT2D eigenvalue weighted by Gasteiger charge is -2.15. The molecule has 1 aliphatic heterocycles. The maximum Gasteiger partial charge on any atom is 0.237 e. The van der Waals surface area contributed by atoms with Gasteiger partial charge in [0, 0.05) is 29.7 Å². The number of aromatic nitrogens is 4. The molecule has 0 saturated carbocycles. The zero-order chi connectivity index (χ0) is 22.8. The molecule has 0 fully saturated rings. The van der Waals surface area contributed by atoms with Crippen LogP contribution in [0.4, 0.5) is 5.69 Å². The summed E-state index contributed by atoms with van der Waals surface area (Å²) in [6.07, 6.45) is 3.45. The number of nitrogens with zero attached hydrogens (tertiary/aromatic N) is 4. The lowest BCUT2D eigenvalue weighted by atomic mass is 10.2. The zero-order valence-corrected chi connectivity index (χ0v) is 18.9. The van der Waals surface area contributed by atoms with Gasteiger partial charge >= 0.3 is 0 Å². The summed E-state index contributed by atoms with van der Waals surface area (Å²) in [7, 11) is 0. The highest BCUT2D eigenvalue weighted by molar-refractivity contribution is 8.00. The van der Waals surface area contributed by atoms with Gasteiger partial charge in [-0.05, 0) is 49.7 Å². The molecule has 0 saturated heterocycles. The van der Waals surface area contributed by atoms with E-state index >= 15 is 0 Å². The van der Waals surface area contributed by atoms with Gasteiger partial charge in [-0.15, -0.1) is 10.2 Å². The topological polar surface area (TPSA) is 91.2 Å². The minimum Gasteiger partial charge on any atom is -0.454 e. The number of benzene rings is 2. The van der Waals surface area contributed by atoms with Crippen LogP contribution in [0.15, 0.2) is 72.1 Å². The number of rotatable bonds is 6. The number of carbonyl (C=O) groups excluding carboxylic acids is 1. The van der Waals surface area contributed by atoms with E-state index in [0.717, 1.165) is 16.8 Å². The molecule has 2 aromatic heterocycles. The van der Waals surface area contributed by atoms with Crippen molar-refractivity contribution in [2.45, 2.75) is 24.3 Å². The number of para-hydroxylation sites is 1. The fourth-order valence-corrected chi connectivity index (χ4v) is 4.36. The third-order valence-electron chi connectivity index (χ3n) is 5.22. The van der Waals surface area contributed by atoms with E-state index < -0.39 is 5.25 Å². The Morgan fingerprint density at radius 1 is 1.06 bits per heavy atom. The van der Waals surface area contributed by atoms with Crippen LogP contribution in [0.25, 0.3) is 17.1 Å². The van der Waals surface area contributed by atoms with E-state index in [2.05, 4.69) is 20.5 Å². The van der Waals surface area contributed by atoms with Crippen molar-refractivity contribution < 1.29 is 14.3 Å². The largest absolute Gasteiger partial charge is 0.454 e. The van der Waals surface area contributed by atoms with Crippen molar-refractivity contribution in [2.24, 2.45) is 0 Å². The molecular formula is C24H21N5O3S. The monoisotopic (exact) mass is 459 g/mol. The van der Waals surface area contributed by atoms with E-state index in [1.807, 2.05) is 54.8 Å². The first-order chi connectivity index (χ1) is 16.1. The zero-order valence-electron chi connectivity index (χ0n) is 18.1. The second kappa shape index (κ2) is 8.95. The van der Waals surface area contributed by atoms with Gasteiger partial charge in [-0.1, -0.05) is 30.0 Å². The van der Waals surface area contributed by atoms with E-state index in [4.69, 9.17) is 9.47 Å². The van der Waals surface area contributed by atoms with Crippen molar-refractivity contribution in [1.29, 1.82) is 0 Å². The number of nitrogens with one attached hydrogen (secondary N) is 1. The first-order valence-electron chi connectivity index (χ1n) is 10.4. The highest BCUT2D eigenvalue weighted by Gasteiger charge is 2.23. The molecule has 33 heavy (non-hydrogen) atoms. The molecule has 1 aliphatic rings. The van der Waals surface area contributed by atoms with E-state index in [-0.39, 0.29) is 12.7 Å². The fourth-order valence-electron chi connectivity index (χ4n) is 3.50. The fraction of sp³-hybridized carbons (Fsp3) is 0.167. The summed E-state index contributed by atoms with van der Waals surface area (Å²) in [6, 6.07) is 17.1. The van der Waals surface area contributed by atoms with Crippen LogP contribution < -0.4 is 14.8 Å². The number of pyridine rings is 1. The van der Waals surface area contributed by atoms with Crippen LogP contribution in [0, 0.1) is 6.92 Å². The van der Waals surface area contributed by atoms with Crippen LogP contribution in [-0.2, 0) is 4.79 Å². The van der Waals surface area contributed by atoms with Crippen molar-refractivity contribution in [1.82, 2.24) is 19.7 Å². The molecule has 8 nitrogen and oxygen atoms in total. The summed E-state index contributed by atoms with van der Waals surface area (Å²) in [4.78, 5) is 17.0. The Kier molecular flexibility index (Phi) is 5.70. The third-order valence-corrected chi connectivity index (χ3v) is 6.26. The van der Waals surface area contributed by atoms with Crippen LogP contribution >= 0.6 is 11.8 Å². The van der Waals surface area contributed by atoms with Crippen molar-refractivity contribution in [2.75, 3.05) is 12.1 Å². The normalized spacial score (nSPS) is 13.0. The maximum atomic E-state index is 12.9. The van der Waals surface area contributed by atoms with Crippen LogP contribution in [-0.4, -0.2) is 37.7 Å². The standard InChI is InChI=1S/C24H21N5O3S/c1-15-5-3-4-6-19(15)29-22(17-9-11-25-12-10-17)27-28-24(29)33-16(2)23(30)26-18-7-8-20-21(13-18)32-14-31-20/h3-13,16H,14H2,1-2H3,(H,26,30)/t16-/m0/s1. The quantitative estimate of drug-likeness (QED) is 0.425. The lowest BCUT2D eigenvalue weighted by Crippen LogP contribution is -2.23. The second-order valence-electron chi connectivity index (χ2n) is 7.48. The molecule has 166 valence electrons. The van der Waals surface area contributed by atoms with Gasteiger partial charge in [0.15, 0.2) is 22.5 Å². The van der Waals surface area contributed by atoms with Gasteiger partial charge < -0.3 is 14.8 Å². The van der Waals surface area contributed by atoms with E-state index in [1.54, 1.807) is 30.6 Å². The third kappa shape index (κ3) is 4.27. The number of anilines is 1. The highest BCUT2D eigenvalue weighted by atomic mass is 32.2. The molecule has 4 aromatic rings. The minimum absolute atomic E-state index is 0.149. The van der Waals surface area contributed by atoms with Gasteiger partial charge in [-0.2, -0.15) is 0 Å². The Balaban J connectivity index is 1.42. The molecule has 0 bridgehead atoms. The van der Waals surface area contributed by atoms with Crippen LogP contribution in [0.3, 0.4) is 0 Å². The first kappa shape index (κ1) is 21.0. The number of hydrogen-bond donors (Lipinski definition) is 1. The SMILES string of the molecule is Cc1ccccc1-n1c(S[C@@H](C)C(=O)Nc2ccc3c(c2)OCO3)nnc1-c1ccncc1. The lowest BCUT2D eigenvalue weighted by molar-refractivity contribution is -0.115. The van der Waals surface area contributed by atoms with Crippen molar-refractivity contribution in [3.63, 3.8) is 0 Å². The number of thioether (sulfide) groups is 1. The van der Waals surface area contributed by atoms with E-state index in [0.29, 0.717) is 28.2 Å². The average Bonchev–Trinajstić information content (AvgIpc) is 3.46. The van der Waals surface area contributed by atoms with Crippen molar-refractivity contribution >= 4 is 23.4 Å². The Morgan fingerprint density at radius 2 is 1.85 bits per heavy atom. The average molecular weight is 460 g/mol. The summed E-state index contributed by atoms with van der Waals surface area (Å²) >= 11 is 1.35. The smallest absolute Gasteiger partial charge is 0.237 e. The molecule has 0 unspecified atom stereocenters. The summed E-state index contributed by atoms with van der Waals surface area (Å²) in [5.41, 5.74) is 3.58. The van der Waals surface area contributed by atoms with Crippen LogP contribution in [0.1, 0.15) is 12.5 Å². The molecule has 0 spiro atoms. The molecule has 1 N–H and O–H groups in total. The number of carbonyl (C=O) groups is 1. The summed E-state index contributed by atoms with van der Waals surface area (Å²) in [5, 5.41) is 12.0. The molecule has 2 aromatic carbocycles. The van der Waals surface area contributed by atoms with Crippen LogP contribution in [0.2, 0.25) is 0 Å². The van der Waals surface area contributed by atoms with Gasteiger partial charge in [0.25, 0.3) is 0 Å². The Labute approximate surface area is 195 Å². The number of hydrogen-bond acceptors (Lipinski definition) is 7. The number of fused-ring (bicyclic) bond motifs is 1. The van der Waals surface area contributed by atoms with Gasteiger partial charge in [0.1, 0.15) is 0 Å². The van der Waals surface area contributed by atoms with Crippen LogP contribution in [0.5, 0.6) is 11.5 Å². The maximum absolute atomic E-state index is 12.9. The molecule has 3 heterocycles. The van der Waals surface area contributed by atoms with Crippen molar-refractivity contribution in [3.05, 3.63) is 72.6 Å². The van der Waals surface area contributed by atoms with Gasteiger partial charge in [0.2, 0.25) is 12.7 Å². The van der Waals surface area contributed by atoms with Gasteiger partial charge in [-0.3, -0.25) is 14.3 Å². The number of amides is 1. The first-order valence-corrected chi connectivity index (χ1v) is 11.3. The second-order valence-corrected chi connectivity index (χ2v) is 8.79. The molecule has 1 atom stereocenters. The van der Waals surface area contributed by atoms with Crippen molar-refractivity contribution in [3.8, 4) is 28.6 Å². The molecule has 5 rings (SSSR count). The molecular weight excluding hydrogens is 438 g/mol. The minimum atomic E-state index is -0.423. The Morgan fingerprint density at radius 3 is 2.67 bits per heavy atom. The highest BCUT2D eigenvalue weighted by Crippen LogP contribution is 2.35. The van der Waals surface area contributed by atoms with Gasteiger partial charge in [0.05, 0.1) is 10.9 Å². The molecule has 9 heteroatoms. The summed E-state index contributed by atoms with van der Waals surface area (Å²) in [6.45, 7) is 4.07. The Bertz CT molecular complexity index is 1310. The Hall–Kier alpha value is -3.85.